The molecule has 3 nitrogen and oxygen atoms in total. The predicted octanol–water partition coefficient (Wildman–Crippen LogP) is 7.15. The molecule has 4 aromatic carbocycles. The molecule has 4 aromatic rings. The second kappa shape index (κ2) is 8.81. The average Bonchev–Trinajstić information content (AvgIpc) is 2.75. The van der Waals surface area contributed by atoms with Crippen LogP contribution in [-0.4, -0.2) is 5.11 Å². The van der Waals surface area contributed by atoms with E-state index in [2.05, 4.69) is 0 Å². The number of phenolic OH excluding ortho intramolecular Hbond substituents is 1. The Kier molecular flexibility index (Phi) is 5.58. The lowest BCUT2D eigenvalue weighted by Gasteiger charge is -2.11. The maximum absolute atomic E-state index is 9.44. The molecular formula is C26H20O3. The van der Waals surface area contributed by atoms with Crippen LogP contribution >= 0.6 is 0 Å². The summed E-state index contributed by atoms with van der Waals surface area (Å²) in [6.45, 7) is 0. The SMILES string of the molecule is Oc1ccc(/C=C/c2cc(Oc3ccccc3)cc(Oc3ccccc3)c2)cc1. The molecule has 3 heteroatoms. The molecule has 0 saturated carbocycles. The third-order valence-corrected chi connectivity index (χ3v) is 4.22. The van der Waals surface area contributed by atoms with Crippen LogP contribution in [-0.2, 0) is 0 Å². The lowest BCUT2D eigenvalue weighted by molar-refractivity contribution is 0.460. The maximum Gasteiger partial charge on any atom is 0.131 e. The van der Waals surface area contributed by atoms with Gasteiger partial charge in [-0.05, 0) is 59.7 Å². The van der Waals surface area contributed by atoms with Crippen LogP contribution in [0, 0.1) is 0 Å². The summed E-state index contributed by atoms with van der Waals surface area (Å²) in [5.41, 5.74) is 1.93. The fraction of sp³-hybridized carbons (Fsp3) is 0. The number of rotatable bonds is 6. The molecule has 0 atom stereocenters. The molecule has 0 radical (unpaired) electrons. The quantitative estimate of drug-likeness (QED) is 0.361. The van der Waals surface area contributed by atoms with Crippen molar-refractivity contribution in [1.82, 2.24) is 0 Å². The standard InChI is InChI=1S/C26H20O3/c27-22-15-13-20(14-16-22)11-12-21-17-25(28-23-7-3-1-4-8-23)19-26(18-21)29-24-9-5-2-6-10-24/h1-19,27H/b12-11+. The maximum atomic E-state index is 9.44. The van der Waals surface area contributed by atoms with Gasteiger partial charge in [-0.25, -0.2) is 0 Å². The van der Waals surface area contributed by atoms with Crippen molar-refractivity contribution in [3.63, 3.8) is 0 Å². The van der Waals surface area contributed by atoms with Crippen molar-refractivity contribution in [2.24, 2.45) is 0 Å². The van der Waals surface area contributed by atoms with E-state index in [-0.39, 0.29) is 5.75 Å². The molecule has 0 bridgehead atoms. The average molecular weight is 380 g/mol. The monoisotopic (exact) mass is 380 g/mol. The molecule has 4 rings (SSSR count). The van der Waals surface area contributed by atoms with Gasteiger partial charge in [0.2, 0.25) is 0 Å². The normalized spacial score (nSPS) is 10.8. The summed E-state index contributed by atoms with van der Waals surface area (Å²) < 4.78 is 12.0. The Bertz CT molecular complexity index is 1030. The number of para-hydroxylation sites is 2. The van der Waals surface area contributed by atoms with E-state index in [9.17, 15) is 5.11 Å². The first-order chi connectivity index (χ1) is 14.2. The zero-order valence-corrected chi connectivity index (χ0v) is 15.7. The van der Waals surface area contributed by atoms with E-state index in [0.29, 0.717) is 11.5 Å². The first-order valence-electron chi connectivity index (χ1n) is 9.33. The van der Waals surface area contributed by atoms with Crippen molar-refractivity contribution in [3.8, 4) is 28.7 Å². The Morgan fingerprint density at radius 2 is 0.966 bits per heavy atom. The van der Waals surface area contributed by atoms with Crippen LogP contribution in [0.2, 0.25) is 0 Å². The van der Waals surface area contributed by atoms with Crippen molar-refractivity contribution < 1.29 is 14.6 Å². The van der Waals surface area contributed by atoms with Crippen molar-refractivity contribution >= 4 is 12.2 Å². The molecule has 0 aliphatic carbocycles. The second-order valence-electron chi connectivity index (χ2n) is 6.49. The van der Waals surface area contributed by atoms with E-state index in [0.717, 1.165) is 22.6 Å². The minimum Gasteiger partial charge on any atom is -0.508 e. The highest BCUT2D eigenvalue weighted by molar-refractivity contribution is 5.71. The zero-order chi connectivity index (χ0) is 19.9. The van der Waals surface area contributed by atoms with Gasteiger partial charge in [-0.2, -0.15) is 0 Å². The third-order valence-electron chi connectivity index (χ3n) is 4.22. The van der Waals surface area contributed by atoms with Gasteiger partial charge in [0.05, 0.1) is 0 Å². The molecule has 0 aliphatic heterocycles. The Labute approximate surface area is 170 Å². The van der Waals surface area contributed by atoms with Gasteiger partial charge >= 0.3 is 0 Å². The first-order valence-corrected chi connectivity index (χ1v) is 9.33. The molecule has 0 aliphatic rings. The fourth-order valence-corrected chi connectivity index (χ4v) is 2.83. The zero-order valence-electron chi connectivity index (χ0n) is 15.7. The topological polar surface area (TPSA) is 38.7 Å². The van der Waals surface area contributed by atoms with E-state index in [1.807, 2.05) is 103 Å². The lowest BCUT2D eigenvalue weighted by Crippen LogP contribution is -1.89. The summed E-state index contributed by atoms with van der Waals surface area (Å²) >= 11 is 0. The highest BCUT2D eigenvalue weighted by atomic mass is 16.5. The van der Waals surface area contributed by atoms with Crippen LogP contribution in [0.4, 0.5) is 0 Å². The summed E-state index contributed by atoms with van der Waals surface area (Å²) in [7, 11) is 0. The van der Waals surface area contributed by atoms with Gasteiger partial charge in [0.25, 0.3) is 0 Å². The van der Waals surface area contributed by atoms with E-state index in [1.165, 1.54) is 0 Å². The van der Waals surface area contributed by atoms with Crippen molar-refractivity contribution in [2.75, 3.05) is 0 Å². The number of hydrogen-bond acceptors (Lipinski definition) is 3. The highest BCUT2D eigenvalue weighted by Crippen LogP contribution is 2.31. The molecule has 0 heterocycles. The number of phenols is 1. The molecule has 1 N–H and O–H groups in total. The Hall–Kier alpha value is -3.98. The molecule has 0 aromatic heterocycles. The van der Waals surface area contributed by atoms with Crippen molar-refractivity contribution in [1.29, 1.82) is 0 Å². The number of ether oxygens (including phenoxy) is 2. The van der Waals surface area contributed by atoms with Gasteiger partial charge in [-0.1, -0.05) is 60.7 Å². The molecule has 0 spiro atoms. The van der Waals surface area contributed by atoms with Crippen LogP contribution in [0.1, 0.15) is 11.1 Å². The lowest BCUT2D eigenvalue weighted by atomic mass is 10.1. The fourth-order valence-electron chi connectivity index (χ4n) is 2.83. The number of hydrogen-bond donors (Lipinski definition) is 1. The largest absolute Gasteiger partial charge is 0.508 e. The molecule has 0 fully saturated rings. The summed E-state index contributed by atoms with van der Waals surface area (Å²) in [6, 6.07) is 32.1. The van der Waals surface area contributed by atoms with E-state index in [4.69, 9.17) is 9.47 Å². The summed E-state index contributed by atoms with van der Waals surface area (Å²) in [4.78, 5) is 0. The van der Waals surface area contributed by atoms with E-state index >= 15 is 0 Å². The minimum atomic E-state index is 0.249. The summed E-state index contributed by atoms with van der Waals surface area (Å²) in [6.07, 6.45) is 3.97. The summed E-state index contributed by atoms with van der Waals surface area (Å²) in [5.74, 6) is 3.15. The van der Waals surface area contributed by atoms with Crippen LogP contribution < -0.4 is 9.47 Å². The summed E-state index contributed by atoms with van der Waals surface area (Å²) in [5, 5.41) is 9.44. The van der Waals surface area contributed by atoms with Gasteiger partial charge < -0.3 is 14.6 Å². The van der Waals surface area contributed by atoms with Gasteiger partial charge in [0.15, 0.2) is 0 Å². The van der Waals surface area contributed by atoms with E-state index in [1.54, 1.807) is 12.1 Å². The van der Waals surface area contributed by atoms with Gasteiger partial charge in [-0.3, -0.25) is 0 Å². The third kappa shape index (κ3) is 5.27. The van der Waals surface area contributed by atoms with Crippen molar-refractivity contribution in [2.45, 2.75) is 0 Å². The molecule has 0 amide bonds. The first kappa shape index (κ1) is 18.4. The molecule has 0 unspecified atom stereocenters. The smallest absolute Gasteiger partial charge is 0.131 e. The van der Waals surface area contributed by atoms with Gasteiger partial charge in [-0.15, -0.1) is 0 Å². The molecule has 142 valence electrons. The van der Waals surface area contributed by atoms with E-state index < -0.39 is 0 Å². The number of benzene rings is 4. The van der Waals surface area contributed by atoms with Gasteiger partial charge in [0, 0.05) is 6.07 Å². The van der Waals surface area contributed by atoms with Crippen LogP contribution in [0.25, 0.3) is 12.2 Å². The Balaban J connectivity index is 1.64. The second-order valence-corrected chi connectivity index (χ2v) is 6.49. The highest BCUT2D eigenvalue weighted by Gasteiger charge is 2.05. The van der Waals surface area contributed by atoms with Gasteiger partial charge in [0.1, 0.15) is 28.7 Å². The minimum absolute atomic E-state index is 0.249. The molecular weight excluding hydrogens is 360 g/mol. The Morgan fingerprint density at radius 3 is 1.48 bits per heavy atom. The number of aromatic hydroxyl groups is 1. The molecule has 0 saturated heterocycles. The van der Waals surface area contributed by atoms with Crippen LogP contribution in [0.5, 0.6) is 28.7 Å². The van der Waals surface area contributed by atoms with Crippen LogP contribution in [0.3, 0.4) is 0 Å². The Morgan fingerprint density at radius 1 is 0.483 bits per heavy atom. The van der Waals surface area contributed by atoms with Crippen molar-refractivity contribution in [3.05, 3.63) is 114 Å². The predicted molar refractivity (Wildman–Crippen MR) is 117 cm³/mol. The molecule has 29 heavy (non-hydrogen) atoms. The van der Waals surface area contributed by atoms with Crippen LogP contribution in [0.15, 0.2) is 103 Å².